The molecule has 2 aliphatic heterocycles. The van der Waals surface area contributed by atoms with Gasteiger partial charge in [-0.2, -0.15) is 0 Å². The lowest BCUT2D eigenvalue weighted by Gasteiger charge is -2.39. The minimum absolute atomic E-state index is 0.0430. The summed E-state index contributed by atoms with van der Waals surface area (Å²) in [5.74, 6) is 1.78. The average Bonchev–Trinajstić information content (AvgIpc) is 2.75. The maximum Gasteiger partial charge on any atom is 0.223 e. The fourth-order valence-electron chi connectivity index (χ4n) is 4.58. The number of nitrogens with zero attached hydrogens (tertiary/aromatic N) is 1. The van der Waals surface area contributed by atoms with E-state index in [1.165, 1.54) is 5.56 Å². The Balaban J connectivity index is 1.37. The van der Waals surface area contributed by atoms with Crippen LogP contribution in [0.25, 0.3) is 0 Å². The molecule has 1 atom stereocenters. The summed E-state index contributed by atoms with van der Waals surface area (Å²) in [6.07, 6.45) is 2.47. The van der Waals surface area contributed by atoms with Crippen LogP contribution in [0.15, 0.2) is 42.5 Å². The molecule has 0 bridgehead atoms. The molecule has 1 amide bonds. The Morgan fingerprint density at radius 3 is 2.58 bits per heavy atom. The van der Waals surface area contributed by atoms with Crippen molar-refractivity contribution in [1.29, 1.82) is 0 Å². The average molecular weight is 443 g/mol. The summed E-state index contributed by atoms with van der Waals surface area (Å²) in [4.78, 5) is 15.5. The van der Waals surface area contributed by atoms with E-state index in [1.807, 2.05) is 30.3 Å². The van der Waals surface area contributed by atoms with Gasteiger partial charge in [-0.3, -0.25) is 9.69 Å². The molecule has 0 aliphatic carbocycles. The number of likely N-dealkylation sites (tertiary alicyclic amines) is 1. The topological polar surface area (TPSA) is 50.8 Å². The third kappa shape index (κ3) is 5.34. The van der Waals surface area contributed by atoms with Crippen LogP contribution in [-0.2, 0) is 11.3 Å². The second-order valence-corrected chi connectivity index (χ2v) is 9.64. The number of carbonyl (C=O) groups is 1. The maximum absolute atomic E-state index is 13.1. The highest BCUT2D eigenvalue weighted by Crippen LogP contribution is 2.41. The van der Waals surface area contributed by atoms with Gasteiger partial charge in [0.2, 0.25) is 5.91 Å². The molecule has 0 unspecified atom stereocenters. The molecule has 0 saturated carbocycles. The van der Waals surface area contributed by atoms with E-state index >= 15 is 0 Å². The first kappa shape index (κ1) is 22.0. The number of carbonyl (C=O) groups excluding carboxylic acids is 1. The highest BCUT2D eigenvalue weighted by atomic mass is 35.5. The number of amides is 1. The van der Waals surface area contributed by atoms with Crippen molar-refractivity contribution >= 4 is 17.5 Å². The van der Waals surface area contributed by atoms with E-state index < -0.39 is 0 Å². The number of piperidine rings is 1. The number of ether oxygens (including phenoxy) is 2. The van der Waals surface area contributed by atoms with Crippen LogP contribution in [0.4, 0.5) is 0 Å². The van der Waals surface area contributed by atoms with Gasteiger partial charge in [0.25, 0.3) is 0 Å². The molecule has 1 N–H and O–H groups in total. The molecule has 31 heavy (non-hydrogen) atoms. The van der Waals surface area contributed by atoms with Gasteiger partial charge in [0.15, 0.2) is 0 Å². The number of halogens is 1. The summed E-state index contributed by atoms with van der Waals surface area (Å²) >= 11 is 5.98. The molecule has 1 fully saturated rings. The van der Waals surface area contributed by atoms with E-state index in [-0.39, 0.29) is 23.5 Å². The van der Waals surface area contributed by atoms with Gasteiger partial charge in [0.05, 0.1) is 13.2 Å². The Kier molecular flexibility index (Phi) is 6.44. The van der Waals surface area contributed by atoms with Gasteiger partial charge in [-0.1, -0.05) is 23.7 Å². The SMILES string of the molecule is COc1ccc2c(c1)[C@@H](NC(=O)C1CCN(Cc3ccc(Cl)cc3)CC1)CC(C)(C)O2. The van der Waals surface area contributed by atoms with Crippen LogP contribution in [0.1, 0.15) is 50.3 Å². The summed E-state index contributed by atoms with van der Waals surface area (Å²) in [5, 5.41) is 4.07. The van der Waals surface area contributed by atoms with Crippen molar-refractivity contribution in [3.8, 4) is 11.5 Å². The number of nitrogens with one attached hydrogen (secondary N) is 1. The lowest BCUT2D eigenvalue weighted by molar-refractivity contribution is -0.127. The lowest BCUT2D eigenvalue weighted by Crippen LogP contribution is -2.45. The van der Waals surface area contributed by atoms with E-state index in [2.05, 4.69) is 36.2 Å². The normalized spacial score (nSPS) is 21.1. The van der Waals surface area contributed by atoms with Crippen molar-refractivity contribution in [3.63, 3.8) is 0 Å². The van der Waals surface area contributed by atoms with Crippen LogP contribution < -0.4 is 14.8 Å². The summed E-state index contributed by atoms with van der Waals surface area (Å²) in [7, 11) is 1.65. The fraction of sp³-hybridized carbons (Fsp3) is 0.480. The number of hydrogen-bond donors (Lipinski definition) is 1. The van der Waals surface area contributed by atoms with Crippen LogP contribution in [-0.4, -0.2) is 36.6 Å². The van der Waals surface area contributed by atoms with E-state index in [0.29, 0.717) is 0 Å². The molecule has 166 valence electrons. The second-order valence-electron chi connectivity index (χ2n) is 9.21. The highest BCUT2D eigenvalue weighted by molar-refractivity contribution is 6.30. The van der Waals surface area contributed by atoms with Crippen LogP contribution in [0, 0.1) is 5.92 Å². The summed E-state index contributed by atoms with van der Waals surface area (Å²) in [5.41, 5.74) is 1.91. The molecule has 0 aromatic heterocycles. The van der Waals surface area contributed by atoms with Crippen LogP contribution >= 0.6 is 11.6 Å². The van der Waals surface area contributed by atoms with Crippen LogP contribution in [0.2, 0.25) is 5.02 Å². The van der Waals surface area contributed by atoms with E-state index in [0.717, 1.165) is 61.0 Å². The number of fused-ring (bicyclic) bond motifs is 1. The smallest absolute Gasteiger partial charge is 0.223 e. The Bertz CT molecular complexity index is 921. The lowest BCUT2D eigenvalue weighted by atomic mass is 9.88. The predicted molar refractivity (Wildman–Crippen MR) is 123 cm³/mol. The van der Waals surface area contributed by atoms with Gasteiger partial charge in [-0.15, -0.1) is 0 Å². The highest BCUT2D eigenvalue weighted by Gasteiger charge is 2.36. The molecular weight excluding hydrogens is 412 g/mol. The molecule has 2 aromatic carbocycles. The van der Waals surface area contributed by atoms with Crippen molar-refractivity contribution < 1.29 is 14.3 Å². The molecule has 5 nitrogen and oxygen atoms in total. The third-order valence-electron chi connectivity index (χ3n) is 6.27. The van der Waals surface area contributed by atoms with Crippen molar-refractivity contribution in [2.24, 2.45) is 5.92 Å². The molecule has 2 aliphatic rings. The third-order valence-corrected chi connectivity index (χ3v) is 6.52. The monoisotopic (exact) mass is 442 g/mol. The van der Waals surface area contributed by atoms with Crippen molar-refractivity contribution in [3.05, 3.63) is 58.6 Å². The zero-order valence-corrected chi connectivity index (χ0v) is 19.2. The Labute approximate surface area is 189 Å². The van der Waals surface area contributed by atoms with E-state index in [9.17, 15) is 4.79 Å². The summed E-state index contributed by atoms with van der Waals surface area (Å²) in [6, 6.07) is 13.7. The Morgan fingerprint density at radius 1 is 1.19 bits per heavy atom. The number of benzene rings is 2. The van der Waals surface area contributed by atoms with E-state index in [1.54, 1.807) is 7.11 Å². The first-order valence-corrected chi connectivity index (χ1v) is 11.3. The maximum atomic E-state index is 13.1. The minimum Gasteiger partial charge on any atom is -0.497 e. The number of hydrogen-bond acceptors (Lipinski definition) is 4. The number of methoxy groups -OCH3 is 1. The zero-order valence-electron chi connectivity index (χ0n) is 18.5. The largest absolute Gasteiger partial charge is 0.497 e. The fourth-order valence-corrected chi connectivity index (χ4v) is 4.71. The molecule has 0 spiro atoms. The van der Waals surface area contributed by atoms with Gasteiger partial charge in [-0.25, -0.2) is 0 Å². The Hall–Kier alpha value is -2.24. The molecule has 2 aromatic rings. The molecule has 0 radical (unpaired) electrons. The van der Waals surface area contributed by atoms with Crippen LogP contribution in [0.3, 0.4) is 0 Å². The minimum atomic E-state index is -0.332. The van der Waals surface area contributed by atoms with E-state index in [4.69, 9.17) is 21.1 Å². The Morgan fingerprint density at radius 2 is 1.90 bits per heavy atom. The zero-order chi connectivity index (χ0) is 22.0. The van der Waals surface area contributed by atoms with Crippen molar-refractivity contribution in [2.45, 2.75) is 51.3 Å². The second kappa shape index (κ2) is 9.09. The molecule has 2 heterocycles. The van der Waals surface area contributed by atoms with Crippen molar-refractivity contribution in [1.82, 2.24) is 10.2 Å². The number of rotatable bonds is 5. The predicted octanol–water partition coefficient (Wildman–Crippen LogP) is 4.98. The van der Waals surface area contributed by atoms with Gasteiger partial charge in [0.1, 0.15) is 17.1 Å². The van der Waals surface area contributed by atoms with Crippen molar-refractivity contribution in [2.75, 3.05) is 20.2 Å². The first-order valence-electron chi connectivity index (χ1n) is 11.0. The first-order chi connectivity index (χ1) is 14.8. The van der Waals surface area contributed by atoms with Crippen LogP contribution in [0.5, 0.6) is 11.5 Å². The van der Waals surface area contributed by atoms with Gasteiger partial charge in [-0.05, 0) is 75.7 Å². The van der Waals surface area contributed by atoms with Gasteiger partial charge < -0.3 is 14.8 Å². The standard InChI is InChI=1S/C25H31ClN2O3/c1-25(2)15-22(21-14-20(30-3)8-9-23(21)31-25)27-24(29)18-10-12-28(13-11-18)16-17-4-6-19(26)7-5-17/h4-9,14,18,22H,10-13,15-16H2,1-3H3,(H,27,29)/t22-/m0/s1. The summed E-state index contributed by atoms with van der Waals surface area (Å²) in [6.45, 7) is 6.87. The quantitative estimate of drug-likeness (QED) is 0.709. The molecular formula is C25H31ClN2O3. The molecule has 6 heteroatoms. The summed E-state index contributed by atoms with van der Waals surface area (Å²) < 4.78 is 11.5. The van der Waals surface area contributed by atoms with Gasteiger partial charge >= 0.3 is 0 Å². The molecule has 1 saturated heterocycles. The molecule has 4 rings (SSSR count). The van der Waals surface area contributed by atoms with Gasteiger partial charge in [0, 0.05) is 29.5 Å².